The molecule has 0 aromatic rings. The van der Waals surface area contributed by atoms with Crippen LogP contribution in [0.15, 0.2) is 16.4 Å². The van der Waals surface area contributed by atoms with E-state index in [9.17, 15) is 19.5 Å². The van der Waals surface area contributed by atoms with Crippen LogP contribution in [-0.4, -0.2) is 64.2 Å². The molecule has 12 heteroatoms. The number of carbonyl (C=O) groups is 3. The maximum atomic E-state index is 12.5. The molecule has 10 nitrogen and oxygen atoms in total. The molecule has 0 aliphatic carbocycles. The van der Waals surface area contributed by atoms with Crippen molar-refractivity contribution in [3.63, 3.8) is 0 Å². The Morgan fingerprint density at radius 1 is 1.70 bits per heavy atom. The fraction of sp³-hybridized carbons (Fsp3) is 0.545. The summed E-state index contributed by atoms with van der Waals surface area (Å²) in [6.45, 7) is -0.157. The number of halogens is 1. The van der Waals surface area contributed by atoms with Crippen LogP contribution in [0.4, 0.5) is 0 Å². The average molecular weight is 362 g/mol. The second kappa shape index (κ2) is 6.67. The van der Waals surface area contributed by atoms with Crippen molar-refractivity contribution in [2.24, 2.45) is 5.11 Å². The van der Waals surface area contributed by atoms with Crippen LogP contribution in [0, 0.1) is 0 Å². The van der Waals surface area contributed by atoms with E-state index < -0.39 is 28.9 Å². The Labute approximate surface area is 139 Å². The highest BCUT2D eigenvalue weighted by Gasteiger charge is 2.66. The van der Waals surface area contributed by atoms with Crippen molar-refractivity contribution in [1.29, 1.82) is 0 Å². The number of thioether (sulfide) groups is 1. The van der Waals surface area contributed by atoms with Crippen molar-refractivity contribution in [3.8, 4) is 0 Å². The van der Waals surface area contributed by atoms with Gasteiger partial charge in [-0.3, -0.25) is 14.5 Å². The van der Waals surface area contributed by atoms with Gasteiger partial charge in [0.05, 0.1) is 6.54 Å². The summed E-state index contributed by atoms with van der Waals surface area (Å²) in [4.78, 5) is 39.1. The van der Waals surface area contributed by atoms with E-state index in [2.05, 4.69) is 15.3 Å². The Hall–Kier alpha value is -1.94. The molecule has 124 valence electrons. The van der Waals surface area contributed by atoms with Crippen LogP contribution in [0.3, 0.4) is 0 Å². The molecule has 0 unspecified atom stereocenters. The number of nitrogens with zero attached hydrogens (tertiary/aromatic N) is 4. The quantitative estimate of drug-likeness (QED) is 0.173. The summed E-state index contributed by atoms with van der Waals surface area (Å²) in [5.41, 5.74) is 6.79. The predicted octanol–water partition coefficient (Wildman–Crippen LogP) is 0.248. The number of ether oxygens (including phenoxy) is 1. The second-order valence-electron chi connectivity index (χ2n) is 4.61. The molecule has 2 aliphatic heterocycles. The molecule has 0 bridgehead atoms. The molecule has 2 rings (SSSR count). The number of rotatable bonds is 6. The van der Waals surface area contributed by atoms with Crippen LogP contribution >= 0.6 is 23.4 Å². The van der Waals surface area contributed by atoms with Gasteiger partial charge in [0.25, 0.3) is 11.6 Å². The minimum Gasteiger partial charge on any atom is -0.477 e. The summed E-state index contributed by atoms with van der Waals surface area (Å²) in [5, 5.41) is 14.4. The van der Waals surface area contributed by atoms with Gasteiger partial charge in [-0.25, -0.2) is 4.79 Å². The van der Waals surface area contributed by atoms with Gasteiger partial charge in [-0.05, 0) is 11.1 Å². The summed E-state index contributed by atoms with van der Waals surface area (Å²) >= 11 is 6.63. The van der Waals surface area contributed by atoms with E-state index in [1.165, 1.54) is 18.9 Å². The van der Waals surface area contributed by atoms with E-state index in [-0.39, 0.29) is 23.9 Å². The Bertz CT molecular complexity index is 649. The number of nitrogens with one attached hydrogen (secondary N) is 1. The van der Waals surface area contributed by atoms with Crippen molar-refractivity contribution in [2.75, 3.05) is 25.3 Å². The monoisotopic (exact) mass is 361 g/mol. The van der Waals surface area contributed by atoms with Crippen LogP contribution in [0.5, 0.6) is 0 Å². The zero-order valence-corrected chi connectivity index (χ0v) is 13.4. The summed E-state index contributed by atoms with van der Waals surface area (Å²) < 4.78 is 5.17. The van der Waals surface area contributed by atoms with Gasteiger partial charge in [0.2, 0.25) is 5.91 Å². The molecule has 0 aromatic heterocycles. The molecule has 0 spiro atoms. The van der Waals surface area contributed by atoms with Crippen LogP contribution in [-0.2, 0) is 19.1 Å². The third-order valence-corrected chi connectivity index (χ3v) is 5.02. The topological polar surface area (TPSA) is 145 Å². The lowest BCUT2D eigenvalue weighted by molar-refractivity contribution is -0.192. The molecule has 2 atom stereocenters. The van der Waals surface area contributed by atoms with Crippen molar-refractivity contribution in [3.05, 3.63) is 21.7 Å². The molecule has 23 heavy (non-hydrogen) atoms. The van der Waals surface area contributed by atoms with E-state index in [1.807, 2.05) is 0 Å². The average Bonchev–Trinajstić information content (AvgIpc) is 2.55. The predicted molar refractivity (Wildman–Crippen MR) is 80.4 cm³/mol. The number of azide groups is 1. The zero-order chi connectivity index (χ0) is 17.2. The Morgan fingerprint density at radius 3 is 2.91 bits per heavy atom. The normalized spacial score (nSPS) is 26.1. The highest BCUT2D eigenvalue weighted by molar-refractivity contribution is 8.00. The van der Waals surface area contributed by atoms with Crippen LogP contribution in [0.1, 0.15) is 0 Å². The van der Waals surface area contributed by atoms with Crippen molar-refractivity contribution < 1.29 is 24.2 Å². The second-order valence-corrected chi connectivity index (χ2v) is 5.94. The number of carboxylic acids is 1. The van der Waals surface area contributed by atoms with Crippen LogP contribution in [0.2, 0.25) is 0 Å². The molecular formula is C11H12ClN5O5S. The van der Waals surface area contributed by atoms with Gasteiger partial charge in [0, 0.05) is 17.8 Å². The van der Waals surface area contributed by atoms with Crippen molar-refractivity contribution in [1.82, 2.24) is 10.2 Å². The Morgan fingerprint density at radius 2 is 2.39 bits per heavy atom. The third kappa shape index (κ3) is 2.72. The van der Waals surface area contributed by atoms with Gasteiger partial charge < -0.3 is 15.2 Å². The van der Waals surface area contributed by atoms with Crippen LogP contribution < -0.4 is 5.32 Å². The molecule has 2 amide bonds. The Kier molecular flexibility index (Phi) is 5.05. The molecule has 0 aromatic carbocycles. The highest BCUT2D eigenvalue weighted by atomic mass is 35.5. The Balaban J connectivity index is 2.38. The number of amides is 2. The SMILES string of the molecule is CO[C@@]1(NC(=O)CCl)C(=O)N2C(C(=O)O)=C(CN=[N+]=[N-])CS[C@@H]21. The third-order valence-electron chi connectivity index (χ3n) is 3.41. The molecule has 2 heterocycles. The maximum absolute atomic E-state index is 12.5. The number of carboxylic acid groups (broad SMARTS) is 1. The first-order chi connectivity index (χ1) is 10.9. The van der Waals surface area contributed by atoms with Crippen molar-refractivity contribution >= 4 is 41.1 Å². The number of hydrogen-bond donors (Lipinski definition) is 2. The van der Waals surface area contributed by atoms with E-state index in [4.69, 9.17) is 21.9 Å². The number of aliphatic carboxylic acids is 1. The number of methoxy groups -OCH3 is 1. The molecule has 0 radical (unpaired) electrons. The van der Waals surface area contributed by atoms with Gasteiger partial charge in [-0.2, -0.15) is 0 Å². The summed E-state index contributed by atoms with van der Waals surface area (Å²) in [5.74, 6) is -2.79. The largest absolute Gasteiger partial charge is 0.477 e. The molecule has 1 fully saturated rings. The minimum atomic E-state index is -1.65. The lowest BCUT2D eigenvalue weighted by atomic mass is 9.98. The van der Waals surface area contributed by atoms with Crippen LogP contribution in [0.25, 0.3) is 10.4 Å². The van der Waals surface area contributed by atoms with Gasteiger partial charge in [-0.1, -0.05) is 5.11 Å². The fourth-order valence-electron chi connectivity index (χ4n) is 2.42. The number of carbonyl (C=O) groups excluding carboxylic acids is 2. The van der Waals surface area contributed by atoms with E-state index >= 15 is 0 Å². The summed E-state index contributed by atoms with van der Waals surface area (Å²) in [7, 11) is 1.24. The van der Waals surface area contributed by atoms with Gasteiger partial charge >= 0.3 is 5.97 Å². The maximum Gasteiger partial charge on any atom is 0.352 e. The standard InChI is InChI=1S/C11H12ClN5O5S/c1-22-11(15-6(18)2-12)9(21)17-7(8(19)20)5(3-14-16-13)4-23-10(11)17/h10H,2-4H2,1H3,(H,15,18)(H,19,20)/t10-,11+/m1/s1. The minimum absolute atomic E-state index is 0.157. The van der Waals surface area contributed by atoms with E-state index in [1.54, 1.807) is 0 Å². The number of fused-ring (bicyclic) bond motifs is 1. The molecule has 0 saturated carbocycles. The van der Waals surface area contributed by atoms with E-state index in [0.717, 1.165) is 4.90 Å². The van der Waals surface area contributed by atoms with Gasteiger partial charge in [0.15, 0.2) is 0 Å². The smallest absolute Gasteiger partial charge is 0.352 e. The zero-order valence-electron chi connectivity index (χ0n) is 11.9. The lowest BCUT2D eigenvalue weighted by Gasteiger charge is -2.55. The summed E-state index contributed by atoms with van der Waals surface area (Å²) in [6.07, 6.45) is 0. The highest BCUT2D eigenvalue weighted by Crippen LogP contribution is 2.46. The van der Waals surface area contributed by atoms with Gasteiger partial charge in [0.1, 0.15) is 17.0 Å². The number of hydrogen-bond acceptors (Lipinski definition) is 6. The molecule has 2 N–H and O–H groups in total. The van der Waals surface area contributed by atoms with Gasteiger partial charge in [-0.15, -0.1) is 23.4 Å². The molecule has 2 aliphatic rings. The lowest BCUT2D eigenvalue weighted by Crippen LogP contribution is -2.80. The first kappa shape index (κ1) is 17.4. The fourth-order valence-corrected chi connectivity index (χ4v) is 3.92. The van der Waals surface area contributed by atoms with E-state index in [0.29, 0.717) is 5.57 Å². The first-order valence-corrected chi connectivity index (χ1v) is 7.84. The molecule has 1 saturated heterocycles. The van der Waals surface area contributed by atoms with Crippen molar-refractivity contribution in [2.45, 2.75) is 11.1 Å². The molecular weight excluding hydrogens is 350 g/mol. The summed E-state index contributed by atoms with van der Waals surface area (Å²) in [6, 6.07) is 0. The number of alkyl halides is 1. The number of β-lactam (4-membered cyclic amide) rings is 1. The first-order valence-electron chi connectivity index (χ1n) is 6.26.